The number of hydrogen-bond donors (Lipinski definition) is 2. The van der Waals surface area contributed by atoms with Crippen LogP contribution in [0.3, 0.4) is 0 Å². The second-order valence-corrected chi connectivity index (χ2v) is 6.75. The number of nitrogens with one attached hydrogen (secondary N) is 1. The van der Waals surface area contributed by atoms with Crippen LogP contribution in [0.4, 0.5) is 0 Å². The minimum atomic E-state index is -0.978. The maximum atomic E-state index is 11.9. The first-order valence-corrected chi connectivity index (χ1v) is 9.64. The van der Waals surface area contributed by atoms with Gasteiger partial charge in [0.15, 0.2) is 6.61 Å². The van der Waals surface area contributed by atoms with Crippen molar-refractivity contribution >= 4 is 29.7 Å². The Balaban J connectivity index is 1.53. The van der Waals surface area contributed by atoms with E-state index in [2.05, 4.69) is 10.5 Å². The Bertz CT molecular complexity index is 1080. The van der Waals surface area contributed by atoms with Crippen LogP contribution >= 0.6 is 11.6 Å². The molecule has 8 heteroatoms. The van der Waals surface area contributed by atoms with Crippen molar-refractivity contribution < 1.29 is 24.2 Å². The molecule has 0 aliphatic heterocycles. The second-order valence-electron chi connectivity index (χ2n) is 6.34. The van der Waals surface area contributed by atoms with Gasteiger partial charge in [0, 0.05) is 5.56 Å². The van der Waals surface area contributed by atoms with E-state index in [-0.39, 0.29) is 18.8 Å². The number of hydrazone groups is 1. The first kappa shape index (κ1) is 21.9. The summed E-state index contributed by atoms with van der Waals surface area (Å²) in [6.45, 7) is 0.0222. The molecule has 3 aromatic rings. The van der Waals surface area contributed by atoms with Crippen LogP contribution in [0.5, 0.6) is 11.5 Å². The highest BCUT2D eigenvalue weighted by atomic mass is 35.5. The number of nitrogens with zero attached hydrogens (tertiary/aromatic N) is 1. The topological polar surface area (TPSA) is 97.2 Å². The van der Waals surface area contributed by atoms with Gasteiger partial charge in [-0.1, -0.05) is 48.0 Å². The van der Waals surface area contributed by atoms with Crippen LogP contribution in [0.1, 0.15) is 21.5 Å². The van der Waals surface area contributed by atoms with Gasteiger partial charge in [0.1, 0.15) is 18.1 Å². The Labute approximate surface area is 183 Å². The van der Waals surface area contributed by atoms with Crippen LogP contribution in [0, 0.1) is 0 Å². The van der Waals surface area contributed by atoms with Crippen LogP contribution in [-0.2, 0) is 11.4 Å². The molecule has 3 rings (SSSR count). The first-order chi connectivity index (χ1) is 15.0. The summed E-state index contributed by atoms with van der Waals surface area (Å²) in [7, 11) is 0. The van der Waals surface area contributed by atoms with Gasteiger partial charge in [-0.05, 0) is 42.0 Å². The van der Waals surface area contributed by atoms with Crippen molar-refractivity contribution in [2.24, 2.45) is 5.10 Å². The SMILES string of the molecule is O=C(COc1ccccc1Cl)N/N=C/c1ccccc1OCc1ccc(C(=O)O)cc1. The number of hydrogen-bond acceptors (Lipinski definition) is 5. The number of rotatable bonds is 9. The summed E-state index contributed by atoms with van der Waals surface area (Å²) in [5.74, 6) is -0.435. The lowest BCUT2D eigenvalue weighted by Crippen LogP contribution is -2.24. The van der Waals surface area contributed by atoms with Crippen LogP contribution in [0.2, 0.25) is 5.02 Å². The molecule has 0 aliphatic rings. The summed E-state index contributed by atoms with van der Waals surface area (Å²) >= 11 is 5.98. The molecular weight excluding hydrogens is 420 g/mol. The predicted octanol–water partition coefficient (Wildman–Crippen LogP) is 4.15. The first-order valence-electron chi connectivity index (χ1n) is 9.26. The number of para-hydroxylation sites is 2. The molecule has 0 aliphatic carbocycles. The van der Waals surface area contributed by atoms with E-state index in [0.29, 0.717) is 22.1 Å². The van der Waals surface area contributed by atoms with E-state index in [4.69, 9.17) is 26.2 Å². The van der Waals surface area contributed by atoms with E-state index in [1.807, 2.05) is 12.1 Å². The average molecular weight is 439 g/mol. The predicted molar refractivity (Wildman–Crippen MR) is 117 cm³/mol. The molecular formula is C23H19ClN2O5. The molecule has 158 valence electrons. The Hall–Kier alpha value is -3.84. The van der Waals surface area contributed by atoms with Gasteiger partial charge >= 0.3 is 5.97 Å². The van der Waals surface area contributed by atoms with Crippen molar-refractivity contribution in [3.63, 3.8) is 0 Å². The van der Waals surface area contributed by atoms with Crippen molar-refractivity contribution in [2.45, 2.75) is 6.61 Å². The molecule has 0 saturated carbocycles. The fourth-order valence-corrected chi connectivity index (χ4v) is 2.72. The third-order valence-electron chi connectivity index (χ3n) is 4.10. The number of carbonyl (C=O) groups is 2. The normalized spacial score (nSPS) is 10.6. The highest BCUT2D eigenvalue weighted by molar-refractivity contribution is 6.32. The molecule has 0 aromatic heterocycles. The standard InChI is InChI=1S/C23H19ClN2O5/c24-19-6-2-4-8-21(19)31-15-22(27)26-25-13-18-5-1-3-7-20(18)30-14-16-9-11-17(12-10-16)23(28)29/h1-13H,14-15H2,(H,26,27)(H,28,29)/b25-13+. The molecule has 0 radical (unpaired) electrons. The highest BCUT2D eigenvalue weighted by Crippen LogP contribution is 2.22. The molecule has 0 saturated heterocycles. The zero-order valence-electron chi connectivity index (χ0n) is 16.3. The summed E-state index contributed by atoms with van der Waals surface area (Å²) in [5.41, 5.74) is 4.09. The average Bonchev–Trinajstić information content (AvgIpc) is 2.78. The van der Waals surface area contributed by atoms with E-state index in [0.717, 1.165) is 5.56 Å². The molecule has 0 unspecified atom stereocenters. The zero-order valence-corrected chi connectivity index (χ0v) is 17.1. The minimum Gasteiger partial charge on any atom is -0.488 e. The summed E-state index contributed by atoms with van der Waals surface area (Å²) in [6, 6.07) is 20.5. The molecule has 2 N–H and O–H groups in total. The maximum absolute atomic E-state index is 11.9. The Kier molecular flexibility index (Phi) is 7.61. The smallest absolute Gasteiger partial charge is 0.335 e. The number of carboxylic acid groups (broad SMARTS) is 1. The van der Waals surface area contributed by atoms with Crippen LogP contribution in [-0.4, -0.2) is 29.8 Å². The van der Waals surface area contributed by atoms with E-state index < -0.39 is 11.9 Å². The van der Waals surface area contributed by atoms with Crippen molar-refractivity contribution in [2.75, 3.05) is 6.61 Å². The van der Waals surface area contributed by atoms with Gasteiger partial charge in [-0.25, -0.2) is 10.2 Å². The molecule has 31 heavy (non-hydrogen) atoms. The summed E-state index contributed by atoms with van der Waals surface area (Å²) in [4.78, 5) is 22.8. The number of amides is 1. The van der Waals surface area contributed by atoms with E-state index >= 15 is 0 Å². The van der Waals surface area contributed by atoms with Crippen molar-refractivity contribution in [3.8, 4) is 11.5 Å². The number of halogens is 1. The van der Waals surface area contributed by atoms with Crippen molar-refractivity contribution in [3.05, 3.63) is 94.5 Å². The van der Waals surface area contributed by atoms with E-state index in [1.54, 1.807) is 48.5 Å². The maximum Gasteiger partial charge on any atom is 0.335 e. The zero-order chi connectivity index (χ0) is 22.1. The molecule has 1 amide bonds. The lowest BCUT2D eigenvalue weighted by Gasteiger charge is -2.09. The molecule has 3 aromatic carbocycles. The summed E-state index contributed by atoms with van der Waals surface area (Å²) in [6.07, 6.45) is 1.47. The summed E-state index contributed by atoms with van der Waals surface area (Å²) < 4.78 is 11.2. The van der Waals surface area contributed by atoms with Gasteiger partial charge in [-0.15, -0.1) is 0 Å². The number of benzene rings is 3. The monoisotopic (exact) mass is 438 g/mol. The number of aromatic carboxylic acids is 1. The van der Waals surface area contributed by atoms with Crippen LogP contribution < -0.4 is 14.9 Å². The van der Waals surface area contributed by atoms with Crippen molar-refractivity contribution in [1.82, 2.24) is 5.43 Å². The van der Waals surface area contributed by atoms with Gasteiger partial charge in [0.2, 0.25) is 0 Å². The van der Waals surface area contributed by atoms with Crippen molar-refractivity contribution in [1.29, 1.82) is 0 Å². The largest absolute Gasteiger partial charge is 0.488 e. The van der Waals surface area contributed by atoms with Gasteiger partial charge in [-0.2, -0.15) is 5.10 Å². The third kappa shape index (κ3) is 6.58. The fourth-order valence-electron chi connectivity index (χ4n) is 2.53. The second kappa shape index (κ2) is 10.8. The Morgan fingerprint density at radius 1 is 0.935 bits per heavy atom. The van der Waals surface area contributed by atoms with Gasteiger partial charge < -0.3 is 14.6 Å². The highest BCUT2D eigenvalue weighted by Gasteiger charge is 2.06. The minimum absolute atomic E-state index is 0.213. The van der Waals surface area contributed by atoms with Gasteiger partial charge in [0.05, 0.1) is 16.8 Å². The van der Waals surface area contributed by atoms with E-state index in [1.165, 1.54) is 18.3 Å². The third-order valence-corrected chi connectivity index (χ3v) is 4.41. The fraction of sp³-hybridized carbons (Fsp3) is 0.0870. The number of carbonyl (C=O) groups excluding carboxylic acids is 1. The molecule has 0 spiro atoms. The quantitative estimate of drug-likeness (QED) is 0.386. The molecule has 0 fully saturated rings. The lowest BCUT2D eigenvalue weighted by atomic mass is 10.1. The molecule has 7 nitrogen and oxygen atoms in total. The van der Waals surface area contributed by atoms with E-state index in [9.17, 15) is 9.59 Å². The molecule has 0 atom stereocenters. The van der Waals surface area contributed by atoms with Crippen LogP contribution in [0.15, 0.2) is 77.9 Å². The molecule has 0 heterocycles. The van der Waals surface area contributed by atoms with Crippen LogP contribution in [0.25, 0.3) is 0 Å². The lowest BCUT2D eigenvalue weighted by molar-refractivity contribution is -0.123. The number of carboxylic acids is 1. The van der Waals surface area contributed by atoms with Gasteiger partial charge in [0.25, 0.3) is 5.91 Å². The number of ether oxygens (including phenoxy) is 2. The molecule has 0 bridgehead atoms. The Morgan fingerprint density at radius 2 is 1.61 bits per heavy atom. The Morgan fingerprint density at radius 3 is 2.32 bits per heavy atom. The summed E-state index contributed by atoms with van der Waals surface area (Å²) in [5, 5.41) is 13.3. The van der Waals surface area contributed by atoms with Gasteiger partial charge in [-0.3, -0.25) is 4.79 Å².